The van der Waals surface area contributed by atoms with Gasteiger partial charge in [0, 0.05) is 18.0 Å². The first-order valence-electron chi connectivity index (χ1n) is 6.17. The molecule has 2 rings (SSSR count). The van der Waals surface area contributed by atoms with Crippen LogP contribution >= 0.6 is 0 Å². The van der Waals surface area contributed by atoms with Crippen LogP contribution in [0.25, 0.3) is 0 Å². The monoisotopic (exact) mass is 230 g/mol. The molecule has 1 aromatic heterocycles. The number of nitriles is 1. The van der Waals surface area contributed by atoms with Crippen molar-refractivity contribution in [1.82, 2.24) is 4.98 Å². The number of aromatic nitrogens is 1. The van der Waals surface area contributed by atoms with Crippen molar-refractivity contribution < 1.29 is 5.11 Å². The molecule has 1 heterocycles. The van der Waals surface area contributed by atoms with Gasteiger partial charge in [-0.1, -0.05) is 25.8 Å². The second kappa shape index (κ2) is 4.85. The Balaban J connectivity index is 2.27. The van der Waals surface area contributed by atoms with Crippen LogP contribution in [0.1, 0.15) is 44.3 Å². The van der Waals surface area contributed by atoms with Crippen LogP contribution < -0.4 is 0 Å². The summed E-state index contributed by atoms with van der Waals surface area (Å²) in [7, 11) is 0. The lowest BCUT2D eigenvalue weighted by molar-refractivity contribution is 0.0217. The highest BCUT2D eigenvalue weighted by molar-refractivity contribution is 5.20. The maximum absolute atomic E-state index is 10.5. The zero-order chi connectivity index (χ0) is 12.3. The van der Waals surface area contributed by atoms with E-state index in [-0.39, 0.29) is 0 Å². The summed E-state index contributed by atoms with van der Waals surface area (Å²) >= 11 is 0. The summed E-state index contributed by atoms with van der Waals surface area (Å²) in [6.07, 6.45) is 6.35. The molecular weight excluding hydrogens is 212 g/mol. The minimum atomic E-state index is -0.719. The minimum Gasteiger partial charge on any atom is -0.387 e. The van der Waals surface area contributed by atoms with Crippen molar-refractivity contribution in [1.29, 1.82) is 5.26 Å². The summed E-state index contributed by atoms with van der Waals surface area (Å²) in [4.78, 5) is 4.02. The lowest BCUT2D eigenvalue weighted by Gasteiger charge is -2.38. The Labute approximate surface area is 102 Å². The summed E-state index contributed by atoms with van der Waals surface area (Å²) in [5.41, 5.74) is 0.129. The van der Waals surface area contributed by atoms with Crippen molar-refractivity contribution in [2.24, 2.45) is 11.3 Å². The van der Waals surface area contributed by atoms with Gasteiger partial charge in [-0.3, -0.25) is 4.98 Å². The quantitative estimate of drug-likeness (QED) is 0.850. The van der Waals surface area contributed by atoms with Gasteiger partial charge in [0.1, 0.15) is 0 Å². The van der Waals surface area contributed by atoms with Crippen molar-refractivity contribution in [2.75, 3.05) is 0 Å². The van der Waals surface area contributed by atoms with Crippen molar-refractivity contribution >= 4 is 0 Å². The topological polar surface area (TPSA) is 56.9 Å². The van der Waals surface area contributed by atoms with Crippen LogP contribution in [-0.2, 0) is 0 Å². The average Bonchev–Trinajstić information content (AvgIpc) is 2.38. The van der Waals surface area contributed by atoms with E-state index in [0.717, 1.165) is 31.2 Å². The summed E-state index contributed by atoms with van der Waals surface area (Å²) in [5.74, 6) is 0.509. The van der Waals surface area contributed by atoms with Gasteiger partial charge in [-0.2, -0.15) is 5.26 Å². The predicted molar refractivity (Wildman–Crippen MR) is 64.9 cm³/mol. The average molecular weight is 230 g/mol. The molecule has 3 heteroatoms. The molecular formula is C14H18N2O. The van der Waals surface area contributed by atoms with Crippen LogP contribution in [0.2, 0.25) is 0 Å². The van der Waals surface area contributed by atoms with Gasteiger partial charge in [-0.15, -0.1) is 0 Å². The summed E-state index contributed by atoms with van der Waals surface area (Å²) in [6.45, 7) is 2.15. The molecule has 1 saturated carbocycles. The summed E-state index contributed by atoms with van der Waals surface area (Å²) < 4.78 is 0. The fourth-order valence-electron chi connectivity index (χ4n) is 2.86. The molecule has 0 spiro atoms. The smallest absolute Gasteiger partial charge is 0.0991 e. The van der Waals surface area contributed by atoms with Gasteiger partial charge < -0.3 is 5.11 Å². The number of hydrogen-bond acceptors (Lipinski definition) is 3. The number of aliphatic hydroxyl groups excluding tert-OH is 1. The lowest BCUT2D eigenvalue weighted by Crippen LogP contribution is -2.33. The molecule has 3 atom stereocenters. The first-order valence-corrected chi connectivity index (χ1v) is 6.17. The third-order valence-corrected chi connectivity index (χ3v) is 3.78. The van der Waals surface area contributed by atoms with E-state index in [1.165, 1.54) is 0 Å². The van der Waals surface area contributed by atoms with Crippen LogP contribution in [0.15, 0.2) is 24.5 Å². The lowest BCUT2D eigenvalue weighted by atomic mass is 9.66. The van der Waals surface area contributed by atoms with E-state index in [0.29, 0.717) is 5.92 Å². The number of aliphatic hydroxyl groups is 1. The standard InChI is InChI=1S/C14H18N2O/c1-11-4-2-6-14(8-11,10-15)13(17)12-5-3-7-16-9-12/h3,5,7,9,11,13,17H,2,4,6,8H2,1H3. The van der Waals surface area contributed by atoms with Gasteiger partial charge in [-0.25, -0.2) is 0 Å². The van der Waals surface area contributed by atoms with Gasteiger partial charge >= 0.3 is 0 Å². The van der Waals surface area contributed by atoms with Crippen molar-refractivity contribution in [2.45, 2.75) is 38.7 Å². The molecule has 0 radical (unpaired) electrons. The maximum Gasteiger partial charge on any atom is 0.0991 e. The van der Waals surface area contributed by atoms with Crippen LogP contribution in [0.5, 0.6) is 0 Å². The fraction of sp³-hybridized carbons (Fsp3) is 0.571. The highest BCUT2D eigenvalue weighted by atomic mass is 16.3. The number of nitrogens with zero attached hydrogens (tertiary/aromatic N) is 2. The molecule has 0 saturated heterocycles. The zero-order valence-electron chi connectivity index (χ0n) is 10.1. The third kappa shape index (κ3) is 2.32. The molecule has 0 amide bonds. The zero-order valence-corrected chi connectivity index (χ0v) is 10.1. The van der Waals surface area contributed by atoms with Crippen molar-refractivity contribution in [3.8, 4) is 6.07 Å². The van der Waals surface area contributed by atoms with Crippen molar-refractivity contribution in [3.63, 3.8) is 0 Å². The Morgan fingerprint density at radius 3 is 3.06 bits per heavy atom. The van der Waals surface area contributed by atoms with Crippen LogP contribution in [-0.4, -0.2) is 10.1 Å². The van der Waals surface area contributed by atoms with Gasteiger partial charge in [0.25, 0.3) is 0 Å². The molecule has 0 aromatic carbocycles. The Bertz CT molecular complexity index is 412. The Hall–Kier alpha value is -1.40. The van der Waals surface area contributed by atoms with E-state index in [4.69, 9.17) is 0 Å². The molecule has 1 N–H and O–H groups in total. The van der Waals surface area contributed by atoms with E-state index in [2.05, 4.69) is 18.0 Å². The van der Waals surface area contributed by atoms with Gasteiger partial charge in [0.15, 0.2) is 0 Å². The minimum absolute atomic E-state index is 0.509. The number of pyridine rings is 1. The third-order valence-electron chi connectivity index (χ3n) is 3.78. The molecule has 1 aliphatic carbocycles. The fourth-order valence-corrected chi connectivity index (χ4v) is 2.86. The van der Waals surface area contributed by atoms with Gasteiger partial charge in [-0.05, 0) is 24.8 Å². The van der Waals surface area contributed by atoms with E-state index in [9.17, 15) is 10.4 Å². The molecule has 1 aromatic rings. The maximum atomic E-state index is 10.5. The van der Waals surface area contributed by atoms with E-state index in [1.54, 1.807) is 18.5 Å². The molecule has 1 aliphatic rings. The first-order chi connectivity index (χ1) is 8.18. The highest BCUT2D eigenvalue weighted by Gasteiger charge is 2.42. The molecule has 0 bridgehead atoms. The highest BCUT2D eigenvalue weighted by Crippen LogP contribution is 2.47. The first kappa shape index (κ1) is 12.1. The number of rotatable bonds is 2. The van der Waals surface area contributed by atoms with Crippen molar-refractivity contribution in [3.05, 3.63) is 30.1 Å². The molecule has 1 fully saturated rings. The van der Waals surface area contributed by atoms with E-state index >= 15 is 0 Å². The molecule has 90 valence electrons. The Morgan fingerprint density at radius 1 is 1.65 bits per heavy atom. The van der Waals surface area contributed by atoms with Gasteiger partial charge in [0.05, 0.1) is 17.6 Å². The number of hydrogen-bond donors (Lipinski definition) is 1. The molecule has 17 heavy (non-hydrogen) atoms. The van der Waals surface area contributed by atoms with Gasteiger partial charge in [0.2, 0.25) is 0 Å². The molecule has 3 nitrogen and oxygen atoms in total. The van der Waals surface area contributed by atoms with Crippen LogP contribution in [0, 0.1) is 22.7 Å². The SMILES string of the molecule is CC1CCCC(C#N)(C(O)c2cccnc2)C1. The van der Waals surface area contributed by atoms with Crippen LogP contribution in [0.3, 0.4) is 0 Å². The molecule has 3 unspecified atom stereocenters. The van der Waals surface area contributed by atoms with Crippen LogP contribution in [0.4, 0.5) is 0 Å². The second-order valence-electron chi connectivity index (χ2n) is 5.16. The normalized spacial score (nSPS) is 30.5. The summed E-state index contributed by atoms with van der Waals surface area (Å²) in [5, 5.41) is 19.9. The van der Waals surface area contributed by atoms with E-state index < -0.39 is 11.5 Å². The van der Waals surface area contributed by atoms with E-state index in [1.807, 2.05) is 6.07 Å². The predicted octanol–water partition coefficient (Wildman–Crippen LogP) is 2.84. The second-order valence-corrected chi connectivity index (χ2v) is 5.16. The molecule has 0 aliphatic heterocycles. The largest absolute Gasteiger partial charge is 0.387 e. The summed E-state index contributed by atoms with van der Waals surface area (Å²) in [6, 6.07) is 6.01. The Morgan fingerprint density at radius 2 is 2.47 bits per heavy atom. The Kier molecular flexibility index (Phi) is 3.44.